The number of guanidine groups is 1. The van der Waals surface area contributed by atoms with Gasteiger partial charge in [-0.2, -0.15) is 0 Å². The predicted molar refractivity (Wildman–Crippen MR) is 101 cm³/mol. The molecule has 0 aliphatic carbocycles. The summed E-state index contributed by atoms with van der Waals surface area (Å²) in [4.78, 5) is 20.6. The van der Waals surface area contributed by atoms with Gasteiger partial charge >= 0.3 is 0 Å². The molecule has 5 nitrogen and oxygen atoms in total. The lowest BCUT2D eigenvalue weighted by atomic mass is 9.99. The topological polar surface area (TPSA) is 47.9 Å². The third kappa shape index (κ3) is 4.74. The average molecular weight is 342 g/mol. The molecule has 1 N–H and O–H groups in total. The normalized spacial score (nSPS) is 19.6. The molecule has 2 saturated heterocycles. The lowest BCUT2D eigenvalue weighted by molar-refractivity contribution is -0.128. The molecule has 5 heteroatoms. The molecule has 2 aliphatic rings. The van der Waals surface area contributed by atoms with E-state index in [0.717, 1.165) is 51.0 Å². The number of hydrogen-bond acceptors (Lipinski definition) is 2. The zero-order valence-corrected chi connectivity index (χ0v) is 15.5. The van der Waals surface area contributed by atoms with Crippen molar-refractivity contribution >= 4 is 11.9 Å². The van der Waals surface area contributed by atoms with Gasteiger partial charge in [-0.25, -0.2) is 0 Å². The minimum Gasteiger partial charge on any atom is -0.352 e. The fourth-order valence-corrected chi connectivity index (χ4v) is 3.66. The van der Waals surface area contributed by atoms with E-state index < -0.39 is 0 Å². The van der Waals surface area contributed by atoms with Gasteiger partial charge in [-0.15, -0.1) is 0 Å². The second-order valence-electron chi connectivity index (χ2n) is 7.31. The Hall–Kier alpha value is -2.04. The number of carbonyl (C=O) groups excluding carboxylic acids is 1. The number of amides is 1. The van der Waals surface area contributed by atoms with Crippen LogP contribution in [-0.4, -0.2) is 48.3 Å². The van der Waals surface area contributed by atoms with Crippen LogP contribution in [0.3, 0.4) is 0 Å². The van der Waals surface area contributed by atoms with Crippen LogP contribution in [0, 0.1) is 5.92 Å². The van der Waals surface area contributed by atoms with Gasteiger partial charge in [0.15, 0.2) is 5.96 Å². The Balaban J connectivity index is 1.55. The minimum atomic E-state index is 0.281. The number of benzene rings is 1. The standard InChI is InChI=1S/C20H30N4O/c1-16-8-11-23(12-9-16)20(21-2)22-14-17-5-3-6-18(13-17)15-24-10-4-7-19(24)25/h3,5-6,13,16H,4,7-12,14-15H2,1-2H3,(H,21,22). The van der Waals surface area contributed by atoms with Crippen LogP contribution in [0.1, 0.15) is 43.7 Å². The number of nitrogens with one attached hydrogen (secondary N) is 1. The van der Waals surface area contributed by atoms with E-state index in [1.807, 2.05) is 11.9 Å². The van der Waals surface area contributed by atoms with Crippen molar-refractivity contribution in [3.8, 4) is 0 Å². The van der Waals surface area contributed by atoms with E-state index in [4.69, 9.17) is 0 Å². The summed E-state index contributed by atoms with van der Waals surface area (Å²) in [6.45, 7) is 6.87. The van der Waals surface area contributed by atoms with Crippen LogP contribution in [0.5, 0.6) is 0 Å². The van der Waals surface area contributed by atoms with Crippen molar-refractivity contribution in [2.45, 2.75) is 45.7 Å². The fraction of sp³-hybridized carbons (Fsp3) is 0.600. The van der Waals surface area contributed by atoms with Crippen molar-refractivity contribution in [1.29, 1.82) is 0 Å². The lowest BCUT2D eigenvalue weighted by Crippen LogP contribution is -2.45. The number of piperidine rings is 1. The highest BCUT2D eigenvalue weighted by molar-refractivity contribution is 5.80. The summed E-state index contributed by atoms with van der Waals surface area (Å²) in [7, 11) is 1.86. The molecule has 0 saturated carbocycles. The van der Waals surface area contributed by atoms with Gasteiger partial charge in [0.25, 0.3) is 0 Å². The number of rotatable bonds is 4. The summed E-state index contributed by atoms with van der Waals surface area (Å²) in [5, 5.41) is 3.50. The molecular weight excluding hydrogens is 312 g/mol. The third-order valence-electron chi connectivity index (χ3n) is 5.28. The molecule has 136 valence electrons. The van der Waals surface area contributed by atoms with Gasteiger partial charge in [0.1, 0.15) is 0 Å². The first-order valence-corrected chi connectivity index (χ1v) is 9.47. The Morgan fingerprint density at radius 2 is 2.00 bits per heavy atom. The molecule has 1 amide bonds. The highest BCUT2D eigenvalue weighted by Crippen LogP contribution is 2.17. The molecule has 0 radical (unpaired) electrons. The second-order valence-corrected chi connectivity index (χ2v) is 7.31. The molecule has 0 bridgehead atoms. The average Bonchev–Trinajstić information content (AvgIpc) is 3.02. The van der Waals surface area contributed by atoms with Gasteiger partial charge < -0.3 is 15.1 Å². The highest BCUT2D eigenvalue weighted by Gasteiger charge is 2.20. The first-order valence-electron chi connectivity index (χ1n) is 9.47. The maximum atomic E-state index is 11.8. The van der Waals surface area contributed by atoms with Crippen LogP contribution >= 0.6 is 0 Å². The molecule has 1 aromatic rings. The molecule has 2 heterocycles. The Bertz CT molecular complexity index is 620. The van der Waals surface area contributed by atoms with E-state index in [1.54, 1.807) is 0 Å². The molecule has 0 unspecified atom stereocenters. The molecule has 25 heavy (non-hydrogen) atoms. The van der Waals surface area contributed by atoms with Gasteiger partial charge in [0, 0.05) is 46.2 Å². The zero-order valence-electron chi connectivity index (χ0n) is 15.5. The van der Waals surface area contributed by atoms with E-state index in [1.165, 1.54) is 24.0 Å². The number of aliphatic imine (C=N–C) groups is 1. The van der Waals surface area contributed by atoms with Crippen molar-refractivity contribution in [1.82, 2.24) is 15.1 Å². The molecule has 3 rings (SSSR count). The number of hydrogen-bond donors (Lipinski definition) is 1. The first kappa shape index (κ1) is 17.8. The van der Waals surface area contributed by atoms with E-state index in [-0.39, 0.29) is 5.91 Å². The van der Waals surface area contributed by atoms with Crippen molar-refractivity contribution in [3.05, 3.63) is 35.4 Å². The predicted octanol–water partition coefficient (Wildman–Crippen LogP) is 2.62. The van der Waals surface area contributed by atoms with Crippen LogP contribution in [-0.2, 0) is 17.9 Å². The van der Waals surface area contributed by atoms with Crippen LogP contribution in [0.2, 0.25) is 0 Å². The number of nitrogens with zero attached hydrogens (tertiary/aromatic N) is 3. The lowest BCUT2D eigenvalue weighted by Gasteiger charge is -2.33. The van der Waals surface area contributed by atoms with Gasteiger partial charge in [-0.05, 0) is 36.3 Å². The Morgan fingerprint density at radius 1 is 1.24 bits per heavy atom. The molecule has 0 aromatic heterocycles. The van der Waals surface area contributed by atoms with Crippen LogP contribution in [0.4, 0.5) is 0 Å². The van der Waals surface area contributed by atoms with Crippen molar-refractivity contribution in [2.24, 2.45) is 10.9 Å². The molecule has 0 atom stereocenters. The summed E-state index contributed by atoms with van der Waals surface area (Å²) in [6, 6.07) is 8.52. The highest BCUT2D eigenvalue weighted by atomic mass is 16.2. The fourth-order valence-electron chi connectivity index (χ4n) is 3.66. The Morgan fingerprint density at radius 3 is 2.68 bits per heavy atom. The molecule has 2 fully saturated rings. The van der Waals surface area contributed by atoms with E-state index in [9.17, 15) is 4.79 Å². The minimum absolute atomic E-state index is 0.281. The van der Waals surface area contributed by atoms with Gasteiger partial charge in [0.05, 0.1) is 0 Å². The van der Waals surface area contributed by atoms with Crippen LogP contribution < -0.4 is 5.32 Å². The number of likely N-dealkylation sites (tertiary alicyclic amines) is 2. The third-order valence-corrected chi connectivity index (χ3v) is 5.28. The first-order chi connectivity index (χ1) is 12.2. The summed E-state index contributed by atoms with van der Waals surface area (Å²) in [5.74, 6) is 2.09. The van der Waals surface area contributed by atoms with E-state index in [2.05, 4.69) is 46.4 Å². The summed E-state index contributed by atoms with van der Waals surface area (Å²) >= 11 is 0. The van der Waals surface area contributed by atoms with E-state index in [0.29, 0.717) is 6.42 Å². The molecule has 2 aliphatic heterocycles. The summed E-state index contributed by atoms with van der Waals surface area (Å²) in [6.07, 6.45) is 4.16. The maximum absolute atomic E-state index is 11.8. The Kier molecular flexibility index (Phi) is 5.95. The van der Waals surface area contributed by atoms with Crippen molar-refractivity contribution in [2.75, 3.05) is 26.7 Å². The quantitative estimate of drug-likeness (QED) is 0.676. The summed E-state index contributed by atoms with van der Waals surface area (Å²) < 4.78 is 0. The Labute approximate surface area is 151 Å². The SMILES string of the molecule is CN=C(NCc1cccc(CN2CCCC2=O)c1)N1CCC(C)CC1. The van der Waals surface area contributed by atoms with Crippen molar-refractivity contribution < 1.29 is 4.79 Å². The maximum Gasteiger partial charge on any atom is 0.222 e. The van der Waals surface area contributed by atoms with Crippen molar-refractivity contribution in [3.63, 3.8) is 0 Å². The monoisotopic (exact) mass is 342 g/mol. The van der Waals surface area contributed by atoms with E-state index >= 15 is 0 Å². The molecule has 1 aromatic carbocycles. The number of carbonyl (C=O) groups is 1. The smallest absolute Gasteiger partial charge is 0.222 e. The van der Waals surface area contributed by atoms with Gasteiger partial charge in [-0.1, -0.05) is 31.2 Å². The summed E-state index contributed by atoms with van der Waals surface area (Å²) in [5.41, 5.74) is 2.44. The zero-order chi connectivity index (χ0) is 17.6. The second kappa shape index (κ2) is 8.37. The van der Waals surface area contributed by atoms with Gasteiger partial charge in [0.2, 0.25) is 5.91 Å². The molecule has 0 spiro atoms. The molecular formula is C20H30N4O. The van der Waals surface area contributed by atoms with Crippen LogP contribution in [0.25, 0.3) is 0 Å². The van der Waals surface area contributed by atoms with Gasteiger partial charge in [-0.3, -0.25) is 9.79 Å². The largest absolute Gasteiger partial charge is 0.352 e. The van der Waals surface area contributed by atoms with Crippen LogP contribution in [0.15, 0.2) is 29.3 Å².